The first-order chi connectivity index (χ1) is 15.9. The van der Waals surface area contributed by atoms with Crippen molar-refractivity contribution < 1.29 is 5.11 Å². The van der Waals surface area contributed by atoms with Gasteiger partial charge in [-0.2, -0.15) is 0 Å². The van der Waals surface area contributed by atoms with E-state index >= 15 is 0 Å². The molecule has 33 heavy (non-hydrogen) atoms. The number of benzene rings is 2. The summed E-state index contributed by atoms with van der Waals surface area (Å²) in [5, 5.41) is 14.0. The number of aromatic amines is 1. The molecule has 1 saturated heterocycles. The lowest BCUT2D eigenvalue weighted by Crippen LogP contribution is -2.49. The number of hydrogen-bond acceptors (Lipinski definition) is 4. The van der Waals surface area contributed by atoms with Crippen LogP contribution in [0.25, 0.3) is 10.9 Å². The van der Waals surface area contributed by atoms with Gasteiger partial charge in [-0.1, -0.05) is 40.9 Å². The molecule has 0 bridgehead atoms. The largest absolute Gasteiger partial charge is 0.387 e. The molecule has 2 aliphatic rings. The molecule has 5 rings (SSSR count). The summed E-state index contributed by atoms with van der Waals surface area (Å²) in [5.41, 5.74) is 4.52. The number of aliphatic hydroxyl groups is 1. The highest BCUT2D eigenvalue weighted by molar-refractivity contribution is 6.42. The number of likely N-dealkylation sites (N-methyl/N-ethyl adjacent to an activating group) is 1. The molecular formula is C25H29Cl3N4O. The number of piperazine rings is 1. The number of nitrogens with zero attached hydrogens (tertiary/aromatic N) is 3. The van der Waals surface area contributed by atoms with Crippen LogP contribution in [0.4, 0.5) is 0 Å². The lowest BCUT2D eigenvalue weighted by molar-refractivity contribution is 0.0525. The minimum Gasteiger partial charge on any atom is -0.387 e. The van der Waals surface area contributed by atoms with E-state index in [1.807, 2.05) is 12.1 Å². The van der Waals surface area contributed by atoms with Crippen molar-refractivity contribution in [1.82, 2.24) is 19.7 Å². The first kappa shape index (κ1) is 23.4. The van der Waals surface area contributed by atoms with Gasteiger partial charge in [0.2, 0.25) is 0 Å². The number of fused-ring (bicyclic) bond motifs is 3. The Morgan fingerprint density at radius 1 is 1.00 bits per heavy atom. The van der Waals surface area contributed by atoms with Crippen molar-refractivity contribution in [2.75, 3.05) is 52.9 Å². The normalized spacial score (nSPS) is 21.4. The molecule has 2 N–H and O–H groups in total. The van der Waals surface area contributed by atoms with Crippen LogP contribution in [0.3, 0.4) is 0 Å². The zero-order valence-electron chi connectivity index (χ0n) is 18.7. The second-order valence-corrected chi connectivity index (χ2v) is 10.5. The van der Waals surface area contributed by atoms with E-state index in [1.54, 1.807) is 12.1 Å². The smallest absolute Gasteiger partial charge is 0.0917 e. The number of H-pyrrole nitrogens is 1. The molecule has 1 fully saturated rings. The van der Waals surface area contributed by atoms with E-state index in [0.717, 1.165) is 61.8 Å². The summed E-state index contributed by atoms with van der Waals surface area (Å²) >= 11 is 18.6. The van der Waals surface area contributed by atoms with Crippen molar-refractivity contribution in [1.29, 1.82) is 0 Å². The Hall–Kier alpha value is -1.31. The average Bonchev–Trinajstić information content (AvgIpc) is 3.16. The van der Waals surface area contributed by atoms with Gasteiger partial charge >= 0.3 is 0 Å². The number of aromatic nitrogens is 1. The van der Waals surface area contributed by atoms with Gasteiger partial charge in [-0.05, 0) is 54.9 Å². The van der Waals surface area contributed by atoms with Gasteiger partial charge in [-0.3, -0.25) is 9.80 Å². The molecule has 2 atom stereocenters. The first-order valence-corrected chi connectivity index (χ1v) is 12.6. The molecular weight excluding hydrogens is 479 g/mol. The van der Waals surface area contributed by atoms with Crippen LogP contribution >= 0.6 is 34.8 Å². The molecule has 2 unspecified atom stereocenters. The van der Waals surface area contributed by atoms with Crippen LogP contribution in [0, 0.1) is 0 Å². The zero-order chi connectivity index (χ0) is 23.1. The van der Waals surface area contributed by atoms with Crippen LogP contribution in [0.15, 0.2) is 36.4 Å². The second-order valence-electron chi connectivity index (χ2n) is 9.26. The fourth-order valence-electron chi connectivity index (χ4n) is 5.14. The zero-order valence-corrected chi connectivity index (χ0v) is 21.0. The SMILES string of the molecule is CN1CCN(CC2c3[nH]c4ccc(Cl)cc4c3CCN2CC(O)c2ccc(Cl)c(Cl)c2)CC1. The summed E-state index contributed by atoms with van der Waals surface area (Å²) in [6, 6.07) is 11.6. The number of halogens is 3. The molecule has 176 valence electrons. The standard InChI is InChI=1S/C25H29Cl3N4O/c1-30-8-10-31(11-9-30)14-23-25-18(19-13-17(26)3-5-22(19)29-25)6-7-32(23)15-24(33)16-2-4-20(27)21(28)12-16/h2-5,12-13,23-24,29,33H,6-11,14-15H2,1H3. The maximum Gasteiger partial charge on any atom is 0.0917 e. The van der Waals surface area contributed by atoms with Gasteiger partial charge in [0.05, 0.1) is 22.2 Å². The van der Waals surface area contributed by atoms with Crippen molar-refractivity contribution in [2.24, 2.45) is 0 Å². The topological polar surface area (TPSA) is 45.7 Å². The maximum absolute atomic E-state index is 11.1. The molecule has 2 aliphatic heterocycles. The molecule has 0 spiro atoms. The van der Waals surface area contributed by atoms with E-state index in [1.165, 1.54) is 16.6 Å². The van der Waals surface area contributed by atoms with E-state index < -0.39 is 6.10 Å². The lowest BCUT2D eigenvalue weighted by Gasteiger charge is -2.41. The van der Waals surface area contributed by atoms with Crippen molar-refractivity contribution >= 4 is 45.7 Å². The predicted molar refractivity (Wildman–Crippen MR) is 137 cm³/mol. The minimum atomic E-state index is -0.643. The molecule has 0 radical (unpaired) electrons. The van der Waals surface area contributed by atoms with Crippen molar-refractivity contribution in [3.63, 3.8) is 0 Å². The number of hydrogen-bond donors (Lipinski definition) is 2. The summed E-state index contributed by atoms with van der Waals surface area (Å²) in [7, 11) is 2.18. The Labute approximate surface area is 209 Å². The van der Waals surface area contributed by atoms with E-state index in [9.17, 15) is 5.11 Å². The van der Waals surface area contributed by atoms with E-state index in [4.69, 9.17) is 34.8 Å². The van der Waals surface area contributed by atoms with Crippen molar-refractivity contribution in [3.05, 3.63) is 68.3 Å². The van der Waals surface area contributed by atoms with Crippen molar-refractivity contribution in [2.45, 2.75) is 18.6 Å². The highest BCUT2D eigenvalue weighted by Crippen LogP contribution is 2.37. The van der Waals surface area contributed by atoms with Crippen LogP contribution in [-0.2, 0) is 6.42 Å². The van der Waals surface area contributed by atoms with Crippen LogP contribution in [0.1, 0.15) is 29.0 Å². The maximum atomic E-state index is 11.1. The highest BCUT2D eigenvalue weighted by Gasteiger charge is 2.33. The number of aliphatic hydroxyl groups excluding tert-OH is 1. The van der Waals surface area contributed by atoms with Gasteiger partial charge < -0.3 is 15.0 Å². The summed E-state index contributed by atoms with van der Waals surface area (Å²) < 4.78 is 0. The number of rotatable bonds is 5. The molecule has 0 aliphatic carbocycles. The van der Waals surface area contributed by atoms with E-state index in [0.29, 0.717) is 16.6 Å². The Balaban J connectivity index is 1.44. The third-order valence-corrected chi connectivity index (χ3v) is 8.06. The van der Waals surface area contributed by atoms with E-state index in [-0.39, 0.29) is 6.04 Å². The lowest BCUT2D eigenvalue weighted by atomic mass is 9.95. The molecule has 0 saturated carbocycles. The van der Waals surface area contributed by atoms with E-state index in [2.05, 4.69) is 38.9 Å². The highest BCUT2D eigenvalue weighted by atomic mass is 35.5. The number of nitrogens with one attached hydrogen (secondary N) is 1. The molecule has 5 nitrogen and oxygen atoms in total. The van der Waals surface area contributed by atoms with Crippen LogP contribution in [0.2, 0.25) is 15.1 Å². The van der Waals surface area contributed by atoms with Gasteiger partial charge in [-0.15, -0.1) is 0 Å². The Morgan fingerprint density at radius 2 is 1.79 bits per heavy atom. The molecule has 8 heteroatoms. The Bertz CT molecular complexity index is 1140. The average molecular weight is 508 g/mol. The van der Waals surface area contributed by atoms with Crippen LogP contribution < -0.4 is 0 Å². The number of β-amino-alcohol motifs (C(OH)–C–C–N with tert-alkyl or cyclic N) is 1. The fourth-order valence-corrected chi connectivity index (χ4v) is 5.61. The molecule has 2 aromatic carbocycles. The molecule has 3 aromatic rings. The fraction of sp³-hybridized carbons (Fsp3) is 0.440. The third kappa shape index (κ3) is 4.92. The Kier molecular flexibility index (Phi) is 6.92. The van der Waals surface area contributed by atoms with Gasteiger partial charge in [-0.25, -0.2) is 0 Å². The van der Waals surface area contributed by atoms with Gasteiger partial charge in [0, 0.05) is 67.4 Å². The molecule has 1 aromatic heterocycles. The minimum absolute atomic E-state index is 0.167. The van der Waals surface area contributed by atoms with Crippen LogP contribution in [-0.4, -0.2) is 77.7 Å². The van der Waals surface area contributed by atoms with Gasteiger partial charge in [0.15, 0.2) is 0 Å². The van der Waals surface area contributed by atoms with Crippen LogP contribution in [0.5, 0.6) is 0 Å². The predicted octanol–water partition coefficient (Wildman–Crippen LogP) is 5.01. The Morgan fingerprint density at radius 3 is 2.55 bits per heavy atom. The van der Waals surface area contributed by atoms with Crippen molar-refractivity contribution in [3.8, 4) is 0 Å². The summed E-state index contributed by atoms with van der Waals surface area (Å²) in [4.78, 5) is 11.0. The summed E-state index contributed by atoms with van der Waals surface area (Å²) in [5.74, 6) is 0. The quantitative estimate of drug-likeness (QED) is 0.510. The third-order valence-electron chi connectivity index (χ3n) is 7.09. The van der Waals surface area contributed by atoms with Gasteiger partial charge in [0.1, 0.15) is 0 Å². The first-order valence-electron chi connectivity index (χ1n) is 11.5. The second kappa shape index (κ2) is 9.74. The summed E-state index contributed by atoms with van der Waals surface area (Å²) in [6.45, 7) is 6.60. The van der Waals surface area contributed by atoms with Gasteiger partial charge in [0.25, 0.3) is 0 Å². The molecule has 0 amide bonds. The summed E-state index contributed by atoms with van der Waals surface area (Å²) in [6.07, 6.45) is 0.276. The molecule has 3 heterocycles. The monoisotopic (exact) mass is 506 g/mol.